The van der Waals surface area contributed by atoms with E-state index < -0.39 is 18.2 Å². The second-order valence-corrected chi connectivity index (χ2v) is 11.4. The standard InChI is InChI=1S/C38H50N2O6/c1-4-6-8-9-10-11-12-13-14-15-29-43-30(3)45-37(41)31-16-18-32(19-17-31)38(42)46-36-26-22-34(23-27-36)40-39-33-20-24-35(25-21-33)44-28-7-5-2/h16-27,30H,4-15,28-29H2,1-3H3. The molecule has 0 N–H and O–H groups in total. The Morgan fingerprint density at radius 3 is 1.59 bits per heavy atom. The molecule has 1 atom stereocenters. The Balaban J connectivity index is 1.34. The number of unbranched alkanes of at least 4 members (excludes halogenated alkanes) is 10. The smallest absolute Gasteiger partial charge is 0.343 e. The van der Waals surface area contributed by atoms with Gasteiger partial charge in [-0.05, 0) is 92.6 Å². The molecule has 3 aromatic rings. The lowest BCUT2D eigenvalue weighted by Gasteiger charge is -2.14. The summed E-state index contributed by atoms with van der Waals surface area (Å²) in [5, 5.41) is 8.49. The lowest BCUT2D eigenvalue weighted by atomic mass is 10.1. The third kappa shape index (κ3) is 14.4. The third-order valence-electron chi connectivity index (χ3n) is 7.41. The van der Waals surface area contributed by atoms with Crippen molar-refractivity contribution in [3.05, 3.63) is 83.9 Å². The van der Waals surface area contributed by atoms with E-state index in [1.165, 1.54) is 63.5 Å². The maximum absolute atomic E-state index is 12.7. The molecule has 0 spiro atoms. The molecular weight excluding hydrogens is 580 g/mol. The minimum atomic E-state index is -0.645. The third-order valence-corrected chi connectivity index (χ3v) is 7.41. The van der Waals surface area contributed by atoms with E-state index in [4.69, 9.17) is 18.9 Å². The fourth-order valence-electron chi connectivity index (χ4n) is 4.64. The summed E-state index contributed by atoms with van der Waals surface area (Å²) in [5.41, 5.74) is 1.97. The number of azo groups is 1. The van der Waals surface area contributed by atoms with Crippen LogP contribution in [0.5, 0.6) is 11.5 Å². The highest BCUT2D eigenvalue weighted by molar-refractivity contribution is 5.94. The fraction of sp³-hybridized carbons (Fsp3) is 0.474. The molecule has 0 saturated carbocycles. The van der Waals surface area contributed by atoms with Crippen molar-refractivity contribution in [2.75, 3.05) is 13.2 Å². The van der Waals surface area contributed by atoms with Crippen LogP contribution in [0, 0.1) is 0 Å². The van der Waals surface area contributed by atoms with Crippen LogP contribution in [0.15, 0.2) is 83.0 Å². The van der Waals surface area contributed by atoms with E-state index in [9.17, 15) is 9.59 Å². The summed E-state index contributed by atoms with van der Waals surface area (Å²) in [5.74, 6) is 0.136. The van der Waals surface area contributed by atoms with Crippen LogP contribution in [0.1, 0.15) is 119 Å². The van der Waals surface area contributed by atoms with Gasteiger partial charge in [-0.3, -0.25) is 0 Å². The Morgan fingerprint density at radius 2 is 1.04 bits per heavy atom. The first kappa shape index (κ1) is 36.4. The van der Waals surface area contributed by atoms with Gasteiger partial charge in [0.2, 0.25) is 0 Å². The predicted molar refractivity (Wildman–Crippen MR) is 182 cm³/mol. The van der Waals surface area contributed by atoms with Crippen molar-refractivity contribution in [1.29, 1.82) is 0 Å². The van der Waals surface area contributed by atoms with Gasteiger partial charge in [0.1, 0.15) is 11.5 Å². The Labute approximate surface area is 274 Å². The van der Waals surface area contributed by atoms with Crippen LogP contribution in [0.25, 0.3) is 0 Å². The van der Waals surface area contributed by atoms with Gasteiger partial charge in [0.05, 0.1) is 35.7 Å². The minimum absolute atomic E-state index is 0.313. The maximum atomic E-state index is 12.7. The van der Waals surface area contributed by atoms with Gasteiger partial charge in [-0.1, -0.05) is 78.1 Å². The van der Waals surface area contributed by atoms with Crippen LogP contribution in [0.4, 0.5) is 11.4 Å². The first-order valence-corrected chi connectivity index (χ1v) is 16.9. The molecule has 0 aliphatic rings. The van der Waals surface area contributed by atoms with Crippen LogP contribution in [-0.2, 0) is 9.47 Å². The summed E-state index contributed by atoms with van der Waals surface area (Å²) in [4.78, 5) is 25.2. The highest BCUT2D eigenvalue weighted by Gasteiger charge is 2.14. The van der Waals surface area contributed by atoms with Crippen LogP contribution in [-0.4, -0.2) is 31.4 Å². The van der Waals surface area contributed by atoms with Crippen LogP contribution >= 0.6 is 0 Å². The molecule has 0 aliphatic heterocycles. The highest BCUT2D eigenvalue weighted by Crippen LogP contribution is 2.24. The van der Waals surface area contributed by atoms with Crippen molar-refractivity contribution < 1.29 is 28.5 Å². The molecule has 0 saturated heterocycles. The van der Waals surface area contributed by atoms with Gasteiger partial charge in [0, 0.05) is 0 Å². The number of carbonyl (C=O) groups excluding carboxylic acids is 2. The number of esters is 2. The average Bonchev–Trinajstić information content (AvgIpc) is 3.07. The van der Waals surface area contributed by atoms with Crippen LogP contribution < -0.4 is 9.47 Å². The van der Waals surface area contributed by atoms with E-state index in [2.05, 4.69) is 24.1 Å². The molecule has 0 fully saturated rings. The van der Waals surface area contributed by atoms with E-state index in [1.54, 1.807) is 43.3 Å². The summed E-state index contributed by atoms with van der Waals surface area (Å²) >= 11 is 0. The molecule has 3 aromatic carbocycles. The predicted octanol–water partition coefficient (Wildman–Crippen LogP) is 10.9. The molecule has 0 bridgehead atoms. The van der Waals surface area contributed by atoms with Crippen molar-refractivity contribution in [3.63, 3.8) is 0 Å². The second kappa shape index (κ2) is 21.7. The van der Waals surface area contributed by atoms with E-state index in [1.807, 2.05) is 24.3 Å². The van der Waals surface area contributed by atoms with Crippen LogP contribution in [0.2, 0.25) is 0 Å². The van der Waals surface area contributed by atoms with Gasteiger partial charge in [-0.25, -0.2) is 9.59 Å². The number of hydrogen-bond donors (Lipinski definition) is 0. The first-order chi connectivity index (χ1) is 22.5. The molecule has 1 unspecified atom stereocenters. The molecule has 8 heteroatoms. The largest absolute Gasteiger partial charge is 0.494 e. The lowest BCUT2D eigenvalue weighted by Crippen LogP contribution is -2.19. The van der Waals surface area contributed by atoms with Crippen molar-refractivity contribution >= 4 is 23.3 Å². The number of ether oxygens (including phenoxy) is 4. The Hall–Kier alpha value is -4.04. The molecule has 0 heterocycles. The quantitative estimate of drug-likeness (QED) is 0.0360. The molecule has 46 heavy (non-hydrogen) atoms. The molecule has 0 aromatic heterocycles. The van der Waals surface area contributed by atoms with Crippen molar-refractivity contribution in [3.8, 4) is 11.5 Å². The van der Waals surface area contributed by atoms with Gasteiger partial charge in [0.25, 0.3) is 0 Å². The van der Waals surface area contributed by atoms with Gasteiger partial charge < -0.3 is 18.9 Å². The molecule has 0 amide bonds. The molecule has 0 aliphatic carbocycles. The Bertz CT molecular complexity index is 1310. The molecule has 3 rings (SSSR count). The lowest BCUT2D eigenvalue weighted by molar-refractivity contribution is -0.0987. The number of nitrogens with zero attached hydrogens (tertiary/aromatic N) is 2. The van der Waals surface area contributed by atoms with E-state index in [-0.39, 0.29) is 0 Å². The SMILES string of the molecule is CCCCCCCCCCCCOC(C)OC(=O)c1ccc(C(=O)Oc2ccc(N=Nc3ccc(OCCCC)cc3)cc2)cc1. The monoisotopic (exact) mass is 630 g/mol. The zero-order valence-electron chi connectivity index (χ0n) is 27.7. The summed E-state index contributed by atoms with van der Waals surface area (Å²) in [6, 6.07) is 20.3. The van der Waals surface area contributed by atoms with E-state index >= 15 is 0 Å². The summed E-state index contributed by atoms with van der Waals surface area (Å²) in [6.07, 6.45) is 14.0. The fourth-order valence-corrected chi connectivity index (χ4v) is 4.64. The van der Waals surface area contributed by atoms with Gasteiger partial charge in [0.15, 0.2) is 6.29 Å². The average molecular weight is 631 g/mol. The summed E-state index contributed by atoms with van der Waals surface area (Å²) in [7, 11) is 0. The Morgan fingerprint density at radius 1 is 0.565 bits per heavy atom. The zero-order chi connectivity index (χ0) is 32.8. The normalized spacial score (nSPS) is 11.8. The zero-order valence-corrected chi connectivity index (χ0v) is 27.7. The van der Waals surface area contributed by atoms with Gasteiger partial charge in [-0.15, -0.1) is 0 Å². The first-order valence-electron chi connectivity index (χ1n) is 16.9. The van der Waals surface area contributed by atoms with Crippen molar-refractivity contribution in [2.24, 2.45) is 10.2 Å². The van der Waals surface area contributed by atoms with E-state index in [0.717, 1.165) is 31.4 Å². The van der Waals surface area contributed by atoms with Crippen LogP contribution in [0.3, 0.4) is 0 Å². The summed E-state index contributed by atoms with van der Waals surface area (Å²) < 4.78 is 22.2. The molecule has 248 valence electrons. The number of hydrogen-bond acceptors (Lipinski definition) is 8. The molecule has 8 nitrogen and oxygen atoms in total. The van der Waals surface area contributed by atoms with Crippen molar-refractivity contribution in [2.45, 2.75) is 104 Å². The Kier molecular flexibility index (Phi) is 17.1. The van der Waals surface area contributed by atoms with Crippen molar-refractivity contribution in [1.82, 2.24) is 0 Å². The molecular formula is C38H50N2O6. The highest BCUT2D eigenvalue weighted by atomic mass is 16.7. The van der Waals surface area contributed by atoms with Gasteiger partial charge >= 0.3 is 11.9 Å². The molecule has 0 radical (unpaired) electrons. The van der Waals surface area contributed by atoms with E-state index in [0.29, 0.717) is 41.5 Å². The second-order valence-electron chi connectivity index (χ2n) is 11.4. The maximum Gasteiger partial charge on any atom is 0.343 e. The summed E-state index contributed by atoms with van der Waals surface area (Å²) in [6.45, 7) is 7.34. The number of rotatable bonds is 22. The number of carbonyl (C=O) groups is 2. The van der Waals surface area contributed by atoms with Gasteiger partial charge in [-0.2, -0.15) is 10.2 Å². The topological polar surface area (TPSA) is 95.8 Å². The minimum Gasteiger partial charge on any atom is -0.494 e. The number of benzene rings is 3.